The van der Waals surface area contributed by atoms with Gasteiger partial charge in [0.1, 0.15) is 18.4 Å². The lowest BCUT2D eigenvalue weighted by Crippen LogP contribution is -2.48. The van der Waals surface area contributed by atoms with E-state index in [1.807, 2.05) is 24.3 Å². The van der Waals surface area contributed by atoms with Gasteiger partial charge in [-0.05, 0) is 37.4 Å². The topological polar surface area (TPSA) is 62.8 Å². The van der Waals surface area contributed by atoms with Gasteiger partial charge in [-0.3, -0.25) is 4.79 Å². The molecule has 0 aromatic heterocycles. The van der Waals surface area contributed by atoms with Gasteiger partial charge >= 0.3 is 0 Å². The van der Waals surface area contributed by atoms with Crippen LogP contribution in [0.4, 0.5) is 5.69 Å². The molecule has 0 aliphatic carbocycles. The molecule has 6 nitrogen and oxygen atoms in total. The number of hydrogen-bond acceptors (Lipinski definition) is 5. The smallest absolute Gasteiger partial charge is 0.243 e. The lowest BCUT2D eigenvalue weighted by atomic mass is 10.2. The Morgan fingerprint density at radius 2 is 2.09 bits per heavy atom. The van der Waals surface area contributed by atoms with Crippen LogP contribution in [-0.2, 0) is 9.53 Å². The number of morpholine rings is 1. The van der Waals surface area contributed by atoms with E-state index in [0.717, 1.165) is 31.1 Å². The second kappa shape index (κ2) is 9.50. The van der Waals surface area contributed by atoms with E-state index in [9.17, 15) is 4.79 Å². The molecule has 6 heteroatoms. The molecule has 128 valence electrons. The number of hydrogen-bond donors (Lipinski definition) is 2. The molecule has 1 heterocycles. The minimum atomic E-state index is -0.284. The molecule has 0 saturated carbocycles. The summed E-state index contributed by atoms with van der Waals surface area (Å²) in [6.45, 7) is 9.71. The summed E-state index contributed by atoms with van der Waals surface area (Å²) in [6, 6.07) is 7.18. The maximum atomic E-state index is 12.1. The third-order valence-electron chi connectivity index (χ3n) is 3.93. The Bertz CT molecular complexity index is 468. The van der Waals surface area contributed by atoms with E-state index in [0.29, 0.717) is 26.4 Å². The highest BCUT2D eigenvalue weighted by Gasteiger charge is 2.20. The number of ether oxygens (including phenoxy) is 2. The van der Waals surface area contributed by atoms with Crippen LogP contribution in [0.3, 0.4) is 0 Å². The monoisotopic (exact) mass is 321 g/mol. The Kier molecular flexibility index (Phi) is 7.32. The summed E-state index contributed by atoms with van der Waals surface area (Å²) in [5.74, 6) is 0.745. The van der Waals surface area contributed by atoms with Crippen LogP contribution in [0.2, 0.25) is 0 Å². The van der Waals surface area contributed by atoms with Gasteiger partial charge in [-0.25, -0.2) is 0 Å². The van der Waals surface area contributed by atoms with Gasteiger partial charge in [0, 0.05) is 18.8 Å². The lowest BCUT2D eigenvalue weighted by Gasteiger charge is -2.22. The SMILES string of the molecule is CCN(CC)CCOc1ccc(NC(=O)C2COCCN2)cc1. The standard InChI is InChI=1S/C17H27N3O3/c1-3-20(4-2)10-12-23-15-7-5-14(6-8-15)19-17(21)16-13-22-11-9-18-16/h5-8,16,18H,3-4,9-13H2,1-2H3,(H,19,21). The molecule has 1 fully saturated rings. The van der Waals surface area contributed by atoms with E-state index in [1.54, 1.807) is 0 Å². The fourth-order valence-electron chi connectivity index (χ4n) is 2.43. The van der Waals surface area contributed by atoms with Gasteiger partial charge < -0.3 is 25.0 Å². The molecule has 23 heavy (non-hydrogen) atoms. The van der Waals surface area contributed by atoms with E-state index in [4.69, 9.17) is 9.47 Å². The first-order valence-electron chi connectivity index (χ1n) is 8.30. The van der Waals surface area contributed by atoms with E-state index in [1.165, 1.54) is 0 Å². The number of nitrogens with zero attached hydrogens (tertiary/aromatic N) is 1. The van der Waals surface area contributed by atoms with Crippen LogP contribution in [0, 0.1) is 0 Å². The first-order valence-corrected chi connectivity index (χ1v) is 8.30. The Labute approximate surface area is 138 Å². The molecule has 1 saturated heterocycles. The number of benzene rings is 1. The molecule has 1 aliphatic heterocycles. The zero-order chi connectivity index (χ0) is 16.5. The minimum Gasteiger partial charge on any atom is -0.492 e. The molecule has 1 aromatic carbocycles. The molecule has 0 spiro atoms. The van der Waals surface area contributed by atoms with Crippen LogP contribution in [0.5, 0.6) is 5.75 Å². The number of anilines is 1. The average Bonchev–Trinajstić information content (AvgIpc) is 2.61. The van der Waals surface area contributed by atoms with Crippen LogP contribution in [0.1, 0.15) is 13.8 Å². The predicted molar refractivity (Wildman–Crippen MR) is 91.0 cm³/mol. The molecular weight excluding hydrogens is 294 g/mol. The Morgan fingerprint density at radius 1 is 1.35 bits per heavy atom. The zero-order valence-corrected chi connectivity index (χ0v) is 14.0. The molecule has 2 rings (SSSR count). The second-order valence-electron chi connectivity index (χ2n) is 5.47. The number of carbonyl (C=O) groups excluding carboxylic acids is 1. The highest BCUT2D eigenvalue weighted by molar-refractivity contribution is 5.95. The van der Waals surface area contributed by atoms with Gasteiger partial charge in [-0.15, -0.1) is 0 Å². The number of amides is 1. The fraction of sp³-hybridized carbons (Fsp3) is 0.588. The van der Waals surface area contributed by atoms with Crippen molar-refractivity contribution >= 4 is 11.6 Å². The fourth-order valence-corrected chi connectivity index (χ4v) is 2.43. The summed E-state index contributed by atoms with van der Waals surface area (Å²) in [7, 11) is 0. The maximum absolute atomic E-state index is 12.1. The molecule has 0 radical (unpaired) electrons. The van der Waals surface area contributed by atoms with Crippen molar-refractivity contribution in [3.63, 3.8) is 0 Å². The van der Waals surface area contributed by atoms with Crippen molar-refractivity contribution in [1.29, 1.82) is 0 Å². The van der Waals surface area contributed by atoms with Gasteiger partial charge in [0.25, 0.3) is 0 Å². The Balaban J connectivity index is 1.76. The largest absolute Gasteiger partial charge is 0.492 e. The number of rotatable bonds is 8. The van der Waals surface area contributed by atoms with Crippen LogP contribution in [0.25, 0.3) is 0 Å². The number of likely N-dealkylation sites (N-methyl/N-ethyl adjacent to an activating group) is 1. The summed E-state index contributed by atoms with van der Waals surface area (Å²) in [5.41, 5.74) is 0.762. The predicted octanol–water partition coefficient (Wildman–Crippen LogP) is 1.33. The van der Waals surface area contributed by atoms with Crippen molar-refractivity contribution in [1.82, 2.24) is 10.2 Å². The molecule has 1 aliphatic rings. The van der Waals surface area contributed by atoms with Crippen LogP contribution < -0.4 is 15.4 Å². The van der Waals surface area contributed by atoms with E-state index < -0.39 is 0 Å². The van der Waals surface area contributed by atoms with E-state index in [-0.39, 0.29) is 11.9 Å². The normalized spacial score (nSPS) is 18.0. The number of nitrogens with one attached hydrogen (secondary N) is 2. The maximum Gasteiger partial charge on any atom is 0.243 e. The van der Waals surface area contributed by atoms with E-state index in [2.05, 4.69) is 29.4 Å². The van der Waals surface area contributed by atoms with Gasteiger partial charge in [0.05, 0.1) is 13.2 Å². The van der Waals surface area contributed by atoms with E-state index >= 15 is 0 Å². The summed E-state index contributed by atoms with van der Waals surface area (Å²) >= 11 is 0. The van der Waals surface area contributed by atoms with Gasteiger partial charge in [-0.2, -0.15) is 0 Å². The molecule has 1 atom stereocenters. The molecule has 0 bridgehead atoms. The van der Waals surface area contributed by atoms with Gasteiger partial charge in [0.15, 0.2) is 0 Å². The van der Waals surface area contributed by atoms with Crippen molar-refractivity contribution in [2.24, 2.45) is 0 Å². The summed E-state index contributed by atoms with van der Waals surface area (Å²) < 4.78 is 11.0. The van der Waals surface area contributed by atoms with Gasteiger partial charge in [0.2, 0.25) is 5.91 Å². The first kappa shape index (κ1) is 17.7. The van der Waals surface area contributed by atoms with Crippen LogP contribution >= 0.6 is 0 Å². The molecule has 1 unspecified atom stereocenters. The highest BCUT2D eigenvalue weighted by atomic mass is 16.5. The van der Waals surface area contributed by atoms with Crippen LogP contribution in [-0.4, -0.2) is 62.8 Å². The molecule has 2 N–H and O–H groups in total. The Hall–Kier alpha value is -1.63. The highest BCUT2D eigenvalue weighted by Crippen LogP contribution is 2.16. The minimum absolute atomic E-state index is 0.0695. The Morgan fingerprint density at radius 3 is 2.70 bits per heavy atom. The summed E-state index contributed by atoms with van der Waals surface area (Å²) in [4.78, 5) is 14.4. The van der Waals surface area contributed by atoms with Crippen molar-refractivity contribution in [2.75, 3.05) is 51.3 Å². The average molecular weight is 321 g/mol. The van der Waals surface area contributed by atoms with Crippen molar-refractivity contribution in [3.8, 4) is 5.75 Å². The van der Waals surface area contributed by atoms with Crippen LogP contribution in [0.15, 0.2) is 24.3 Å². The zero-order valence-electron chi connectivity index (χ0n) is 14.0. The summed E-state index contributed by atoms with van der Waals surface area (Å²) in [5, 5.41) is 6.02. The number of carbonyl (C=O) groups is 1. The van der Waals surface area contributed by atoms with Gasteiger partial charge in [-0.1, -0.05) is 13.8 Å². The van der Waals surface area contributed by atoms with Crippen molar-refractivity contribution < 1.29 is 14.3 Å². The lowest BCUT2D eigenvalue weighted by molar-refractivity contribution is -0.120. The second-order valence-corrected chi connectivity index (χ2v) is 5.47. The first-order chi connectivity index (χ1) is 11.2. The van der Waals surface area contributed by atoms with Crippen molar-refractivity contribution in [3.05, 3.63) is 24.3 Å². The summed E-state index contributed by atoms with van der Waals surface area (Å²) in [6.07, 6.45) is 0. The third-order valence-corrected chi connectivity index (χ3v) is 3.93. The molecule has 1 aromatic rings. The van der Waals surface area contributed by atoms with Crippen molar-refractivity contribution in [2.45, 2.75) is 19.9 Å². The molecule has 1 amide bonds. The third kappa shape index (κ3) is 5.82. The quantitative estimate of drug-likeness (QED) is 0.756. The molecular formula is C17H27N3O3.